The number of nitrogens with one attached hydrogen (secondary N) is 1. The molecule has 0 saturated carbocycles. The highest BCUT2D eigenvalue weighted by Crippen LogP contribution is 2.26. The Hall–Kier alpha value is -4.72. The summed E-state index contributed by atoms with van der Waals surface area (Å²) in [6, 6.07) is 23.4. The van der Waals surface area contributed by atoms with Crippen LogP contribution in [0.5, 0.6) is 0 Å². The maximum Gasteiger partial charge on any atom is 0.262 e. The zero-order valence-corrected chi connectivity index (χ0v) is 21.5. The second-order valence-corrected chi connectivity index (χ2v) is 9.92. The quantitative estimate of drug-likeness (QED) is 0.379. The number of imide groups is 1. The lowest BCUT2D eigenvalue weighted by Crippen LogP contribution is -2.57. The molecule has 4 amide bonds. The van der Waals surface area contributed by atoms with E-state index in [-0.39, 0.29) is 23.6 Å². The van der Waals surface area contributed by atoms with Crippen molar-refractivity contribution in [3.63, 3.8) is 0 Å². The molecule has 0 fully saturated rings. The van der Waals surface area contributed by atoms with E-state index in [9.17, 15) is 19.2 Å². The summed E-state index contributed by atoms with van der Waals surface area (Å²) < 4.78 is 1.99. The van der Waals surface area contributed by atoms with Gasteiger partial charge in [0.15, 0.2) is 0 Å². The van der Waals surface area contributed by atoms with Gasteiger partial charge >= 0.3 is 0 Å². The van der Waals surface area contributed by atoms with Gasteiger partial charge in [-0.05, 0) is 55.8 Å². The van der Waals surface area contributed by atoms with Crippen molar-refractivity contribution in [3.8, 4) is 0 Å². The first-order valence-electron chi connectivity index (χ1n) is 12.3. The molecule has 4 aromatic rings. The second-order valence-electron chi connectivity index (χ2n) is 9.92. The molecule has 1 N–H and O–H groups in total. The molecule has 3 aromatic carbocycles. The standard InChI is InChI=1S/C30H28N4O4/c1-30(2,29(38)31-22-13-14-25-21(17-22)15-16-32(25)3)34(18-20-9-5-4-6-10-20)26(35)19-33-27(36)23-11-7-8-12-24(23)28(33)37/h4-17H,18-19H2,1-3H3,(H,31,38). The number of fused-ring (bicyclic) bond motifs is 2. The molecule has 0 saturated heterocycles. The predicted molar refractivity (Wildman–Crippen MR) is 144 cm³/mol. The van der Waals surface area contributed by atoms with Crippen LogP contribution in [0, 0.1) is 0 Å². The fourth-order valence-electron chi connectivity index (χ4n) is 4.73. The van der Waals surface area contributed by atoms with Crippen molar-refractivity contribution in [2.24, 2.45) is 7.05 Å². The van der Waals surface area contributed by atoms with Crippen LogP contribution in [-0.2, 0) is 23.2 Å². The number of nitrogens with zero attached hydrogens (tertiary/aromatic N) is 3. The maximum absolute atomic E-state index is 13.7. The SMILES string of the molecule is Cn1ccc2cc(NC(=O)C(C)(C)N(Cc3ccccc3)C(=O)CN3C(=O)c4ccccc4C3=O)ccc21. The highest BCUT2D eigenvalue weighted by atomic mass is 16.2. The summed E-state index contributed by atoms with van der Waals surface area (Å²) in [4.78, 5) is 55.5. The third-order valence-electron chi connectivity index (χ3n) is 7.03. The molecule has 1 aliphatic rings. The lowest BCUT2D eigenvalue weighted by Gasteiger charge is -2.38. The van der Waals surface area contributed by atoms with Crippen molar-refractivity contribution in [3.05, 3.63) is 102 Å². The maximum atomic E-state index is 13.7. The van der Waals surface area contributed by atoms with Crippen LogP contribution in [0.1, 0.15) is 40.1 Å². The molecule has 8 nitrogen and oxygen atoms in total. The van der Waals surface area contributed by atoms with Crippen LogP contribution in [0.3, 0.4) is 0 Å². The molecule has 0 bridgehead atoms. The molecule has 0 atom stereocenters. The number of hydrogen-bond donors (Lipinski definition) is 1. The van der Waals surface area contributed by atoms with Crippen LogP contribution in [0.2, 0.25) is 0 Å². The molecule has 0 spiro atoms. The first-order valence-corrected chi connectivity index (χ1v) is 12.3. The van der Waals surface area contributed by atoms with Crippen LogP contribution in [-0.4, -0.2) is 50.1 Å². The van der Waals surface area contributed by atoms with Crippen LogP contribution in [0.25, 0.3) is 10.9 Å². The molecular weight excluding hydrogens is 480 g/mol. The first kappa shape index (κ1) is 25.0. The molecule has 0 unspecified atom stereocenters. The van der Waals surface area contributed by atoms with Crippen LogP contribution in [0.4, 0.5) is 5.69 Å². The van der Waals surface area contributed by atoms with Crippen molar-refractivity contribution in [1.82, 2.24) is 14.4 Å². The molecule has 1 aliphatic heterocycles. The Bertz CT molecular complexity index is 1540. The topological polar surface area (TPSA) is 91.7 Å². The van der Waals surface area contributed by atoms with E-state index >= 15 is 0 Å². The Labute approximate surface area is 220 Å². The van der Waals surface area contributed by atoms with E-state index in [0.29, 0.717) is 5.69 Å². The van der Waals surface area contributed by atoms with Gasteiger partial charge in [0.1, 0.15) is 12.1 Å². The highest BCUT2D eigenvalue weighted by molar-refractivity contribution is 6.22. The Morgan fingerprint density at radius 3 is 2.16 bits per heavy atom. The number of benzene rings is 3. The Morgan fingerprint density at radius 2 is 1.50 bits per heavy atom. The van der Waals surface area contributed by atoms with Gasteiger partial charge in [-0.1, -0.05) is 42.5 Å². The summed E-state index contributed by atoms with van der Waals surface area (Å²) in [5.74, 6) is -1.93. The third kappa shape index (κ3) is 4.45. The third-order valence-corrected chi connectivity index (χ3v) is 7.03. The van der Waals surface area contributed by atoms with Crippen LogP contribution in [0.15, 0.2) is 85.1 Å². The number of rotatable bonds is 7. The largest absolute Gasteiger partial charge is 0.351 e. The fourth-order valence-corrected chi connectivity index (χ4v) is 4.73. The second kappa shape index (κ2) is 9.63. The average Bonchev–Trinajstić information content (AvgIpc) is 3.40. The number of carbonyl (C=O) groups is 4. The molecule has 5 rings (SSSR count). The predicted octanol–water partition coefficient (Wildman–Crippen LogP) is 4.22. The Morgan fingerprint density at radius 1 is 0.868 bits per heavy atom. The van der Waals surface area contributed by atoms with Crippen molar-refractivity contribution in [2.45, 2.75) is 25.9 Å². The van der Waals surface area contributed by atoms with Crippen molar-refractivity contribution in [1.29, 1.82) is 0 Å². The van der Waals surface area contributed by atoms with Crippen LogP contribution >= 0.6 is 0 Å². The zero-order valence-electron chi connectivity index (χ0n) is 21.5. The molecular formula is C30H28N4O4. The van der Waals surface area contributed by atoms with Gasteiger partial charge in [0, 0.05) is 36.4 Å². The minimum atomic E-state index is -1.31. The molecule has 192 valence electrons. The van der Waals surface area contributed by atoms with E-state index < -0.39 is 29.8 Å². The minimum Gasteiger partial charge on any atom is -0.351 e. The lowest BCUT2D eigenvalue weighted by molar-refractivity contribution is -0.144. The van der Waals surface area contributed by atoms with Crippen molar-refractivity contribution >= 4 is 40.2 Å². The van der Waals surface area contributed by atoms with E-state index in [4.69, 9.17) is 0 Å². The summed E-state index contributed by atoms with van der Waals surface area (Å²) in [5, 5.41) is 3.92. The van der Waals surface area contributed by atoms with Gasteiger partial charge in [-0.25, -0.2) is 0 Å². The summed E-state index contributed by atoms with van der Waals surface area (Å²) in [7, 11) is 1.95. The number of aromatic nitrogens is 1. The van der Waals surface area contributed by atoms with E-state index in [1.54, 1.807) is 38.1 Å². The number of aryl methyl sites for hydroxylation is 1. The molecule has 2 heterocycles. The van der Waals surface area contributed by atoms with Crippen molar-refractivity contribution < 1.29 is 19.2 Å². The molecule has 8 heteroatoms. The lowest BCUT2D eigenvalue weighted by atomic mass is 9.99. The normalized spacial score (nSPS) is 13.1. The van der Waals surface area contributed by atoms with E-state index in [1.807, 2.05) is 72.4 Å². The summed E-state index contributed by atoms with van der Waals surface area (Å²) in [6.07, 6.45) is 1.94. The molecule has 1 aromatic heterocycles. The van der Waals surface area contributed by atoms with E-state index in [1.165, 1.54) is 4.90 Å². The van der Waals surface area contributed by atoms with Gasteiger partial charge in [-0.3, -0.25) is 24.1 Å². The highest BCUT2D eigenvalue weighted by Gasteiger charge is 2.42. The first-order chi connectivity index (χ1) is 18.2. The number of anilines is 1. The average molecular weight is 509 g/mol. The number of amides is 4. The Balaban J connectivity index is 1.41. The van der Waals surface area contributed by atoms with Gasteiger partial charge in [-0.15, -0.1) is 0 Å². The zero-order chi connectivity index (χ0) is 27.0. The van der Waals surface area contributed by atoms with Crippen LogP contribution < -0.4 is 5.32 Å². The van der Waals surface area contributed by atoms with Gasteiger partial charge in [0.25, 0.3) is 11.8 Å². The van der Waals surface area contributed by atoms with E-state index in [0.717, 1.165) is 21.4 Å². The molecule has 38 heavy (non-hydrogen) atoms. The monoisotopic (exact) mass is 508 g/mol. The van der Waals surface area contributed by atoms with Crippen molar-refractivity contribution in [2.75, 3.05) is 11.9 Å². The minimum absolute atomic E-state index is 0.126. The van der Waals surface area contributed by atoms with Gasteiger partial charge in [0.2, 0.25) is 11.8 Å². The fraction of sp³-hybridized carbons (Fsp3) is 0.200. The van der Waals surface area contributed by atoms with Gasteiger partial charge < -0.3 is 14.8 Å². The molecule has 0 aliphatic carbocycles. The summed E-state index contributed by atoms with van der Waals surface area (Å²) >= 11 is 0. The van der Waals surface area contributed by atoms with E-state index in [2.05, 4.69) is 5.32 Å². The Kier molecular flexibility index (Phi) is 6.32. The number of hydrogen-bond acceptors (Lipinski definition) is 4. The van der Waals surface area contributed by atoms with Gasteiger partial charge in [0.05, 0.1) is 11.1 Å². The van der Waals surface area contributed by atoms with Gasteiger partial charge in [-0.2, -0.15) is 0 Å². The number of carbonyl (C=O) groups excluding carboxylic acids is 4. The smallest absolute Gasteiger partial charge is 0.262 e. The summed E-state index contributed by atoms with van der Waals surface area (Å²) in [6.45, 7) is 2.98. The molecule has 0 radical (unpaired) electrons. The summed E-state index contributed by atoms with van der Waals surface area (Å²) in [5.41, 5.74) is 1.69.